The number of hydrogen-bond acceptors (Lipinski definition) is 1. The van der Waals surface area contributed by atoms with E-state index in [4.69, 9.17) is 0 Å². The van der Waals surface area contributed by atoms with Crippen LogP contribution in [0, 0.1) is 18.8 Å². The van der Waals surface area contributed by atoms with Crippen LogP contribution >= 0.6 is 0 Å². The molecule has 0 radical (unpaired) electrons. The monoisotopic (exact) mass is 256 g/mol. The Labute approximate surface area is 117 Å². The van der Waals surface area contributed by atoms with Crippen LogP contribution in [0.1, 0.15) is 37.5 Å². The van der Waals surface area contributed by atoms with E-state index in [1.165, 1.54) is 16.7 Å². The van der Waals surface area contributed by atoms with E-state index >= 15 is 0 Å². The molecule has 0 saturated carbocycles. The van der Waals surface area contributed by atoms with E-state index in [0.717, 1.165) is 6.42 Å². The van der Waals surface area contributed by atoms with Crippen molar-refractivity contribution in [1.82, 2.24) is 0 Å². The number of allylic oxidation sites excluding steroid dienone is 2. The molecule has 19 heavy (non-hydrogen) atoms. The molecule has 0 aliphatic heterocycles. The van der Waals surface area contributed by atoms with Crippen LogP contribution in [-0.4, -0.2) is 5.78 Å². The summed E-state index contributed by atoms with van der Waals surface area (Å²) < 4.78 is 0. The van der Waals surface area contributed by atoms with Gasteiger partial charge >= 0.3 is 0 Å². The number of ketones is 1. The molecular formula is C18H24O. The van der Waals surface area contributed by atoms with Gasteiger partial charge in [-0.3, -0.25) is 4.79 Å². The lowest BCUT2D eigenvalue weighted by Gasteiger charge is -2.14. The molecule has 0 amide bonds. The number of rotatable bonds is 6. The van der Waals surface area contributed by atoms with E-state index in [9.17, 15) is 4.79 Å². The van der Waals surface area contributed by atoms with Gasteiger partial charge < -0.3 is 0 Å². The highest BCUT2D eigenvalue weighted by molar-refractivity contribution is 5.82. The van der Waals surface area contributed by atoms with Crippen LogP contribution in [0.15, 0.2) is 36.9 Å². The zero-order valence-electron chi connectivity index (χ0n) is 12.4. The Kier molecular flexibility index (Phi) is 5.75. The highest BCUT2D eigenvalue weighted by Crippen LogP contribution is 2.18. The Morgan fingerprint density at radius 3 is 2.58 bits per heavy atom. The van der Waals surface area contributed by atoms with Crippen LogP contribution in [0.4, 0.5) is 0 Å². The summed E-state index contributed by atoms with van der Waals surface area (Å²) in [6, 6.07) is 6.40. The van der Waals surface area contributed by atoms with Gasteiger partial charge in [0.15, 0.2) is 0 Å². The van der Waals surface area contributed by atoms with Gasteiger partial charge in [0.2, 0.25) is 0 Å². The van der Waals surface area contributed by atoms with Crippen LogP contribution < -0.4 is 0 Å². The minimum atomic E-state index is 0.0824. The standard InChI is InChI=1S/C18H24O/c1-6-7-8-17-12-16(10-9-14(17)4)11-15(5)18(19)13(2)3/h6-10,12-13,15H,1,11H2,2-5H3/b8-7-. The first-order valence-corrected chi connectivity index (χ1v) is 6.88. The summed E-state index contributed by atoms with van der Waals surface area (Å²) >= 11 is 0. The molecule has 0 spiro atoms. The molecule has 1 unspecified atom stereocenters. The van der Waals surface area contributed by atoms with E-state index in [0.29, 0.717) is 5.78 Å². The van der Waals surface area contributed by atoms with Gasteiger partial charge in [0.05, 0.1) is 0 Å². The summed E-state index contributed by atoms with van der Waals surface area (Å²) in [7, 11) is 0. The van der Waals surface area contributed by atoms with Crippen molar-refractivity contribution in [1.29, 1.82) is 0 Å². The Morgan fingerprint density at radius 2 is 2.00 bits per heavy atom. The fourth-order valence-electron chi connectivity index (χ4n) is 2.19. The van der Waals surface area contributed by atoms with Gasteiger partial charge in [-0.1, -0.05) is 63.8 Å². The van der Waals surface area contributed by atoms with E-state index in [-0.39, 0.29) is 11.8 Å². The van der Waals surface area contributed by atoms with Crippen LogP contribution in [0.25, 0.3) is 6.08 Å². The maximum atomic E-state index is 11.9. The summed E-state index contributed by atoms with van der Waals surface area (Å²) in [4.78, 5) is 11.9. The number of carbonyl (C=O) groups is 1. The fraction of sp³-hybridized carbons (Fsp3) is 0.389. The molecule has 1 nitrogen and oxygen atoms in total. The number of benzene rings is 1. The molecule has 0 heterocycles. The van der Waals surface area contributed by atoms with Gasteiger partial charge in [-0.05, 0) is 30.0 Å². The first-order chi connectivity index (χ1) is 8.95. The van der Waals surface area contributed by atoms with Crippen molar-refractivity contribution in [2.45, 2.75) is 34.1 Å². The molecule has 1 heteroatoms. The van der Waals surface area contributed by atoms with Crippen LogP contribution in [0.5, 0.6) is 0 Å². The molecule has 0 aromatic heterocycles. The van der Waals surface area contributed by atoms with Gasteiger partial charge in [0.25, 0.3) is 0 Å². The molecule has 0 saturated heterocycles. The Balaban J connectivity index is 2.88. The third-order valence-corrected chi connectivity index (χ3v) is 3.35. The molecule has 0 N–H and O–H groups in total. The third kappa shape index (κ3) is 4.51. The molecular weight excluding hydrogens is 232 g/mol. The number of aryl methyl sites for hydroxylation is 1. The first kappa shape index (κ1) is 15.4. The van der Waals surface area contributed by atoms with Crippen LogP contribution in [0.3, 0.4) is 0 Å². The van der Waals surface area contributed by atoms with Crippen molar-refractivity contribution < 1.29 is 4.79 Å². The molecule has 0 fully saturated rings. The number of Topliss-reactive ketones (excluding diaryl/α,β-unsaturated/α-hetero) is 1. The molecule has 1 aromatic rings. The maximum Gasteiger partial charge on any atom is 0.138 e. The normalized spacial score (nSPS) is 12.9. The summed E-state index contributed by atoms with van der Waals surface area (Å²) in [6.07, 6.45) is 6.58. The highest BCUT2D eigenvalue weighted by atomic mass is 16.1. The second kappa shape index (κ2) is 7.08. The summed E-state index contributed by atoms with van der Waals surface area (Å²) in [5.41, 5.74) is 3.65. The number of carbonyl (C=O) groups excluding carboxylic acids is 1. The van der Waals surface area contributed by atoms with Crippen molar-refractivity contribution >= 4 is 11.9 Å². The van der Waals surface area contributed by atoms with Crippen LogP contribution in [-0.2, 0) is 11.2 Å². The van der Waals surface area contributed by atoms with Crippen LogP contribution in [0.2, 0.25) is 0 Å². The van der Waals surface area contributed by atoms with Crippen molar-refractivity contribution in [2.24, 2.45) is 11.8 Å². The Morgan fingerprint density at radius 1 is 1.32 bits per heavy atom. The molecule has 0 aliphatic carbocycles. The molecule has 1 atom stereocenters. The lowest BCUT2D eigenvalue weighted by molar-refractivity contribution is -0.125. The lowest BCUT2D eigenvalue weighted by atomic mass is 9.90. The smallest absolute Gasteiger partial charge is 0.138 e. The van der Waals surface area contributed by atoms with E-state index in [2.05, 4.69) is 37.8 Å². The summed E-state index contributed by atoms with van der Waals surface area (Å²) in [6.45, 7) is 11.7. The van der Waals surface area contributed by atoms with Gasteiger partial charge in [0, 0.05) is 11.8 Å². The number of hydrogen-bond donors (Lipinski definition) is 0. The zero-order chi connectivity index (χ0) is 14.4. The Bertz CT molecular complexity index is 480. The van der Waals surface area contributed by atoms with Crippen molar-refractivity contribution in [3.63, 3.8) is 0 Å². The zero-order valence-corrected chi connectivity index (χ0v) is 12.4. The average molecular weight is 256 g/mol. The SMILES string of the molecule is C=C/C=C\c1cc(CC(C)C(=O)C(C)C)ccc1C. The largest absolute Gasteiger partial charge is 0.299 e. The molecule has 102 valence electrons. The fourth-order valence-corrected chi connectivity index (χ4v) is 2.19. The minimum absolute atomic E-state index is 0.0824. The van der Waals surface area contributed by atoms with E-state index in [1.807, 2.05) is 26.8 Å². The molecule has 0 bridgehead atoms. The Hall–Kier alpha value is -1.63. The summed E-state index contributed by atoms with van der Waals surface area (Å²) in [5, 5.41) is 0. The average Bonchev–Trinajstić information content (AvgIpc) is 2.38. The van der Waals surface area contributed by atoms with Gasteiger partial charge in [-0.25, -0.2) is 0 Å². The minimum Gasteiger partial charge on any atom is -0.299 e. The molecule has 1 aromatic carbocycles. The van der Waals surface area contributed by atoms with Gasteiger partial charge in [-0.2, -0.15) is 0 Å². The van der Waals surface area contributed by atoms with Gasteiger partial charge in [0.1, 0.15) is 5.78 Å². The summed E-state index contributed by atoms with van der Waals surface area (Å²) in [5.74, 6) is 0.531. The molecule has 1 rings (SSSR count). The van der Waals surface area contributed by atoms with E-state index in [1.54, 1.807) is 6.08 Å². The predicted octanol–water partition coefficient (Wildman–Crippen LogP) is 4.60. The van der Waals surface area contributed by atoms with Gasteiger partial charge in [-0.15, -0.1) is 0 Å². The maximum absolute atomic E-state index is 11.9. The second-order valence-corrected chi connectivity index (χ2v) is 5.45. The topological polar surface area (TPSA) is 17.1 Å². The van der Waals surface area contributed by atoms with Crippen molar-refractivity contribution in [2.75, 3.05) is 0 Å². The second-order valence-electron chi connectivity index (χ2n) is 5.45. The van der Waals surface area contributed by atoms with Crippen molar-refractivity contribution in [3.05, 3.63) is 53.6 Å². The first-order valence-electron chi connectivity index (χ1n) is 6.88. The lowest BCUT2D eigenvalue weighted by Crippen LogP contribution is -2.19. The quantitative estimate of drug-likeness (QED) is 0.680. The molecule has 0 aliphatic rings. The predicted molar refractivity (Wildman–Crippen MR) is 83.1 cm³/mol. The highest BCUT2D eigenvalue weighted by Gasteiger charge is 2.16. The van der Waals surface area contributed by atoms with Crippen molar-refractivity contribution in [3.8, 4) is 0 Å². The third-order valence-electron chi connectivity index (χ3n) is 3.35. The van der Waals surface area contributed by atoms with E-state index < -0.39 is 0 Å².